The van der Waals surface area contributed by atoms with Gasteiger partial charge in [0.2, 0.25) is 0 Å². The SMILES string of the molecule is O=C(/C=C/c1ccccc1)CC(c1ccccc1)c1ccc(C(CC(=O)/C=C/c2ccccc2)c2ccccc2)[nH]1. The molecule has 4 aromatic carbocycles. The van der Waals surface area contributed by atoms with E-state index in [4.69, 9.17) is 0 Å². The maximum absolute atomic E-state index is 13.1. The molecule has 202 valence electrons. The van der Waals surface area contributed by atoms with E-state index in [1.165, 1.54) is 0 Å². The second-order valence-corrected chi connectivity index (χ2v) is 10.1. The highest BCUT2D eigenvalue weighted by molar-refractivity contribution is 5.95. The van der Waals surface area contributed by atoms with E-state index in [0.29, 0.717) is 12.8 Å². The van der Waals surface area contributed by atoms with E-state index in [2.05, 4.69) is 41.4 Å². The number of allylic oxidation sites excluding steroid dienone is 2. The number of benzene rings is 4. The molecule has 0 saturated carbocycles. The van der Waals surface area contributed by atoms with Crippen LogP contribution < -0.4 is 0 Å². The lowest BCUT2D eigenvalue weighted by molar-refractivity contribution is -0.115. The van der Waals surface area contributed by atoms with Crippen molar-refractivity contribution in [3.63, 3.8) is 0 Å². The summed E-state index contributed by atoms with van der Waals surface area (Å²) in [6, 6.07) is 44.0. The number of hydrogen-bond acceptors (Lipinski definition) is 2. The first-order chi connectivity index (χ1) is 20.2. The van der Waals surface area contributed by atoms with Gasteiger partial charge in [-0.3, -0.25) is 9.59 Å². The molecule has 0 aliphatic carbocycles. The van der Waals surface area contributed by atoms with Gasteiger partial charge in [-0.1, -0.05) is 133 Å². The maximum Gasteiger partial charge on any atom is 0.156 e. The van der Waals surface area contributed by atoms with E-state index in [-0.39, 0.29) is 23.4 Å². The number of hydrogen-bond donors (Lipinski definition) is 1. The van der Waals surface area contributed by atoms with Gasteiger partial charge in [-0.15, -0.1) is 0 Å². The highest BCUT2D eigenvalue weighted by Crippen LogP contribution is 2.33. The summed E-state index contributed by atoms with van der Waals surface area (Å²) >= 11 is 0. The van der Waals surface area contributed by atoms with Gasteiger partial charge in [-0.25, -0.2) is 0 Å². The van der Waals surface area contributed by atoms with Crippen LogP contribution in [0.15, 0.2) is 146 Å². The minimum Gasteiger partial charge on any atom is -0.361 e. The number of aromatic nitrogens is 1. The molecule has 0 amide bonds. The number of aromatic amines is 1. The lowest BCUT2D eigenvalue weighted by atomic mass is 9.90. The van der Waals surface area contributed by atoms with Gasteiger partial charge in [0.1, 0.15) is 0 Å². The van der Waals surface area contributed by atoms with Gasteiger partial charge in [0.15, 0.2) is 11.6 Å². The number of nitrogens with one attached hydrogen (secondary N) is 1. The normalized spacial score (nSPS) is 12.9. The minimum absolute atomic E-state index is 0.0553. The van der Waals surface area contributed by atoms with Crippen molar-refractivity contribution in [1.29, 1.82) is 0 Å². The van der Waals surface area contributed by atoms with Crippen molar-refractivity contribution >= 4 is 23.7 Å². The van der Waals surface area contributed by atoms with Crippen molar-refractivity contribution in [2.45, 2.75) is 24.7 Å². The van der Waals surface area contributed by atoms with Crippen molar-refractivity contribution in [2.75, 3.05) is 0 Å². The van der Waals surface area contributed by atoms with E-state index in [1.54, 1.807) is 12.2 Å². The fourth-order valence-corrected chi connectivity index (χ4v) is 5.07. The van der Waals surface area contributed by atoms with Crippen LogP contribution in [0.5, 0.6) is 0 Å². The van der Waals surface area contributed by atoms with Gasteiger partial charge in [-0.05, 0) is 46.5 Å². The molecule has 0 spiro atoms. The molecule has 0 fully saturated rings. The van der Waals surface area contributed by atoms with Crippen molar-refractivity contribution in [1.82, 2.24) is 4.98 Å². The molecule has 2 atom stereocenters. The number of rotatable bonds is 12. The Hall–Kier alpha value is -5.02. The van der Waals surface area contributed by atoms with Gasteiger partial charge in [-0.2, -0.15) is 0 Å². The number of ketones is 2. The molecule has 5 rings (SSSR count). The summed E-state index contributed by atoms with van der Waals surface area (Å²) in [4.78, 5) is 29.9. The molecule has 1 aromatic heterocycles. The zero-order chi connectivity index (χ0) is 28.3. The Morgan fingerprint density at radius 2 is 0.829 bits per heavy atom. The summed E-state index contributed by atoms with van der Waals surface area (Å²) < 4.78 is 0. The van der Waals surface area contributed by atoms with Gasteiger partial charge in [0, 0.05) is 36.1 Å². The molecule has 0 radical (unpaired) electrons. The zero-order valence-corrected chi connectivity index (χ0v) is 22.9. The topological polar surface area (TPSA) is 49.9 Å². The first kappa shape index (κ1) is 27.5. The standard InChI is InChI=1S/C38H33NO2/c40-33(23-21-29-13-5-1-6-14-29)27-35(31-17-9-3-10-18-31)37-25-26-38(39-37)36(32-19-11-4-12-20-32)28-34(41)24-22-30-15-7-2-8-16-30/h1-26,35-36,39H,27-28H2/b23-21+,24-22+. The molecule has 0 aliphatic rings. The molecule has 5 aromatic rings. The molecule has 0 bridgehead atoms. The Balaban J connectivity index is 1.40. The van der Waals surface area contributed by atoms with Crippen LogP contribution >= 0.6 is 0 Å². The van der Waals surface area contributed by atoms with E-state index in [9.17, 15) is 9.59 Å². The van der Waals surface area contributed by atoms with Crippen molar-refractivity contribution in [3.8, 4) is 0 Å². The lowest BCUT2D eigenvalue weighted by Gasteiger charge is -2.17. The third-order valence-electron chi connectivity index (χ3n) is 7.22. The number of H-pyrrole nitrogens is 1. The van der Waals surface area contributed by atoms with Crippen LogP contribution in [0.2, 0.25) is 0 Å². The Morgan fingerprint density at radius 1 is 0.488 bits per heavy atom. The lowest BCUT2D eigenvalue weighted by Crippen LogP contribution is -2.10. The average molecular weight is 536 g/mol. The minimum atomic E-state index is -0.136. The fourth-order valence-electron chi connectivity index (χ4n) is 5.07. The van der Waals surface area contributed by atoms with Crippen molar-refractivity contribution in [3.05, 3.63) is 179 Å². The third kappa shape index (κ3) is 7.77. The monoisotopic (exact) mass is 535 g/mol. The van der Waals surface area contributed by atoms with E-state index < -0.39 is 0 Å². The van der Waals surface area contributed by atoms with Gasteiger partial charge in [0.25, 0.3) is 0 Å². The first-order valence-electron chi connectivity index (χ1n) is 14.0. The largest absolute Gasteiger partial charge is 0.361 e. The molecular weight excluding hydrogens is 502 g/mol. The molecule has 3 heteroatoms. The van der Waals surface area contributed by atoms with E-state index in [1.807, 2.05) is 109 Å². The van der Waals surface area contributed by atoms with Crippen LogP contribution in [-0.4, -0.2) is 16.6 Å². The summed E-state index contributed by atoms with van der Waals surface area (Å²) in [5, 5.41) is 0. The van der Waals surface area contributed by atoms with Gasteiger partial charge < -0.3 is 4.98 Å². The first-order valence-corrected chi connectivity index (χ1v) is 14.0. The Bertz CT molecular complexity index is 1480. The smallest absolute Gasteiger partial charge is 0.156 e. The second-order valence-electron chi connectivity index (χ2n) is 10.1. The van der Waals surface area contributed by atoms with Crippen LogP contribution in [0.3, 0.4) is 0 Å². The number of carbonyl (C=O) groups is 2. The van der Waals surface area contributed by atoms with Crippen LogP contribution in [0.4, 0.5) is 0 Å². The van der Waals surface area contributed by atoms with Gasteiger partial charge >= 0.3 is 0 Å². The van der Waals surface area contributed by atoms with Crippen LogP contribution in [0.25, 0.3) is 12.2 Å². The Labute approximate surface area is 241 Å². The molecule has 1 N–H and O–H groups in total. The third-order valence-corrected chi connectivity index (χ3v) is 7.22. The molecular formula is C38H33NO2. The molecule has 0 aliphatic heterocycles. The summed E-state index contributed by atoms with van der Waals surface area (Å²) in [5.74, 6) is -0.162. The van der Waals surface area contributed by atoms with Gasteiger partial charge in [0.05, 0.1) is 0 Å². The fraction of sp³-hybridized carbons (Fsp3) is 0.105. The molecule has 1 heterocycles. The van der Waals surface area contributed by atoms with Crippen molar-refractivity contribution in [2.24, 2.45) is 0 Å². The quantitative estimate of drug-likeness (QED) is 0.163. The Morgan fingerprint density at radius 3 is 1.20 bits per heavy atom. The van der Waals surface area contributed by atoms with Crippen LogP contribution in [-0.2, 0) is 9.59 Å². The second kappa shape index (κ2) is 13.9. The van der Waals surface area contributed by atoms with Crippen LogP contribution in [0, 0.1) is 0 Å². The molecule has 3 nitrogen and oxygen atoms in total. The molecule has 41 heavy (non-hydrogen) atoms. The predicted octanol–water partition coefficient (Wildman–Crippen LogP) is 8.62. The maximum atomic E-state index is 13.1. The van der Waals surface area contributed by atoms with E-state index in [0.717, 1.165) is 33.6 Å². The van der Waals surface area contributed by atoms with Crippen LogP contribution in [0.1, 0.15) is 58.3 Å². The molecule has 0 saturated heterocycles. The summed E-state index contributed by atoms with van der Waals surface area (Å²) in [7, 11) is 0. The predicted molar refractivity (Wildman–Crippen MR) is 168 cm³/mol. The zero-order valence-electron chi connectivity index (χ0n) is 22.9. The highest BCUT2D eigenvalue weighted by Gasteiger charge is 2.23. The number of carbonyl (C=O) groups excluding carboxylic acids is 2. The summed E-state index contributed by atoms with van der Waals surface area (Å²) in [6.07, 6.45) is 7.73. The summed E-state index contributed by atoms with van der Waals surface area (Å²) in [5.41, 5.74) is 6.05. The average Bonchev–Trinajstić information content (AvgIpc) is 3.52. The Kier molecular flexibility index (Phi) is 9.31. The van der Waals surface area contributed by atoms with E-state index >= 15 is 0 Å². The van der Waals surface area contributed by atoms with Crippen molar-refractivity contribution < 1.29 is 9.59 Å². The highest BCUT2D eigenvalue weighted by atomic mass is 16.1. The molecule has 2 unspecified atom stereocenters. The summed E-state index contributed by atoms with van der Waals surface area (Å²) in [6.45, 7) is 0.